The van der Waals surface area contributed by atoms with Gasteiger partial charge < -0.3 is 4.90 Å². The topological polar surface area (TPSA) is 62.2 Å². The summed E-state index contributed by atoms with van der Waals surface area (Å²) in [5, 5.41) is 0. The Morgan fingerprint density at radius 2 is 2.00 bits per heavy atom. The number of pyridine rings is 1. The third-order valence-corrected chi connectivity index (χ3v) is 4.83. The van der Waals surface area contributed by atoms with Gasteiger partial charge in [0.2, 0.25) is 5.91 Å². The predicted octanol–water partition coefficient (Wildman–Crippen LogP) is 1.50. The van der Waals surface area contributed by atoms with E-state index >= 15 is 0 Å². The van der Waals surface area contributed by atoms with Crippen LogP contribution in [-0.2, 0) is 11.3 Å². The van der Waals surface area contributed by atoms with Gasteiger partial charge in [-0.2, -0.15) is 0 Å². The number of anilines is 1. The standard InChI is InChI=1S/C17H19N5O/c23-16-6-17(12-22(16)15-8-19-13-20-9-15)3-5-21(11-17)10-14-2-1-4-18-7-14/h1-2,4,7-9,13H,3,5-6,10-12H2/t17-/m1/s1. The van der Waals surface area contributed by atoms with Gasteiger partial charge in [-0.1, -0.05) is 6.07 Å². The van der Waals surface area contributed by atoms with E-state index in [0.29, 0.717) is 6.42 Å². The monoisotopic (exact) mass is 309 g/mol. The molecule has 118 valence electrons. The summed E-state index contributed by atoms with van der Waals surface area (Å²) in [5.74, 6) is 0.183. The summed E-state index contributed by atoms with van der Waals surface area (Å²) in [7, 11) is 0. The number of hydrogen-bond donors (Lipinski definition) is 0. The number of nitrogens with zero attached hydrogens (tertiary/aromatic N) is 5. The van der Waals surface area contributed by atoms with Gasteiger partial charge in [0, 0.05) is 43.9 Å². The van der Waals surface area contributed by atoms with Crippen molar-refractivity contribution in [1.29, 1.82) is 0 Å². The maximum atomic E-state index is 12.4. The first-order valence-corrected chi connectivity index (χ1v) is 7.91. The van der Waals surface area contributed by atoms with Gasteiger partial charge in [-0.15, -0.1) is 0 Å². The predicted molar refractivity (Wildman–Crippen MR) is 85.6 cm³/mol. The maximum absolute atomic E-state index is 12.4. The Balaban J connectivity index is 1.45. The Hall–Kier alpha value is -2.34. The van der Waals surface area contributed by atoms with Gasteiger partial charge in [0.25, 0.3) is 0 Å². The fourth-order valence-electron chi connectivity index (χ4n) is 3.75. The molecule has 6 nitrogen and oxygen atoms in total. The molecule has 0 aromatic carbocycles. The lowest BCUT2D eigenvalue weighted by Gasteiger charge is -2.24. The molecule has 0 N–H and O–H groups in total. The molecule has 2 aromatic heterocycles. The highest BCUT2D eigenvalue weighted by Crippen LogP contribution is 2.41. The number of rotatable bonds is 3. The van der Waals surface area contributed by atoms with Crippen molar-refractivity contribution in [1.82, 2.24) is 19.9 Å². The zero-order chi connectivity index (χ0) is 15.7. The molecule has 4 rings (SSSR count). The first kappa shape index (κ1) is 14.3. The third kappa shape index (κ3) is 2.82. The van der Waals surface area contributed by atoms with Crippen LogP contribution in [0.5, 0.6) is 0 Å². The van der Waals surface area contributed by atoms with Crippen molar-refractivity contribution in [3.05, 3.63) is 48.8 Å². The lowest BCUT2D eigenvalue weighted by molar-refractivity contribution is -0.117. The average Bonchev–Trinajstić information content (AvgIpc) is 3.12. The van der Waals surface area contributed by atoms with Crippen LogP contribution in [0.25, 0.3) is 0 Å². The summed E-state index contributed by atoms with van der Waals surface area (Å²) >= 11 is 0. The second kappa shape index (κ2) is 5.70. The van der Waals surface area contributed by atoms with Crippen molar-refractivity contribution >= 4 is 11.6 Å². The molecular weight excluding hydrogens is 290 g/mol. The van der Waals surface area contributed by atoms with Gasteiger partial charge in [-0.25, -0.2) is 9.97 Å². The van der Waals surface area contributed by atoms with Crippen molar-refractivity contribution in [3.63, 3.8) is 0 Å². The summed E-state index contributed by atoms with van der Waals surface area (Å²) in [6, 6.07) is 4.07. The van der Waals surface area contributed by atoms with Crippen molar-refractivity contribution in [2.24, 2.45) is 5.41 Å². The van der Waals surface area contributed by atoms with Crippen molar-refractivity contribution in [2.45, 2.75) is 19.4 Å². The van der Waals surface area contributed by atoms with E-state index in [-0.39, 0.29) is 11.3 Å². The lowest BCUT2D eigenvalue weighted by Crippen LogP contribution is -2.31. The Morgan fingerprint density at radius 3 is 2.78 bits per heavy atom. The van der Waals surface area contributed by atoms with Crippen LogP contribution < -0.4 is 4.90 Å². The summed E-state index contributed by atoms with van der Waals surface area (Å²) in [4.78, 5) is 28.9. The van der Waals surface area contributed by atoms with E-state index in [4.69, 9.17) is 0 Å². The Labute approximate surface area is 135 Å². The molecule has 1 atom stereocenters. The van der Waals surface area contributed by atoms with Crippen molar-refractivity contribution < 1.29 is 4.79 Å². The zero-order valence-electron chi connectivity index (χ0n) is 12.9. The number of likely N-dealkylation sites (tertiary alicyclic amines) is 1. The van der Waals surface area contributed by atoms with Gasteiger partial charge in [-0.05, 0) is 24.6 Å². The zero-order valence-corrected chi connectivity index (χ0v) is 12.9. The van der Waals surface area contributed by atoms with Crippen LogP contribution in [0.15, 0.2) is 43.2 Å². The highest BCUT2D eigenvalue weighted by atomic mass is 16.2. The molecule has 2 fully saturated rings. The highest BCUT2D eigenvalue weighted by molar-refractivity contribution is 5.96. The summed E-state index contributed by atoms with van der Waals surface area (Å²) in [6.07, 6.45) is 10.3. The Bertz CT molecular complexity index is 693. The SMILES string of the molecule is O=C1C[C@@]2(CCN(Cc3cccnc3)C2)CN1c1cncnc1. The van der Waals surface area contributed by atoms with Gasteiger partial charge in [0.1, 0.15) is 6.33 Å². The van der Waals surface area contributed by atoms with Crippen LogP contribution in [0, 0.1) is 5.41 Å². The van der Waals surface area contributed by atoms with Gasteiger partial charge >= 0.3 is 0 Å². The fourth-order valence-corrected chi connectivity index (χ4v) is 3.75. The smallest absolute Gasteiger partial charge is 0.227 e. The second-order valence-electron chi connectivity index (χ2n) is 6.58. The number of aromatic nitrogens is 3. The molecule has 2 aliphatic heterocycles. The minimum Gasteiger partial charge on any atom is -0.309 e. The maximum Gasteiger partial charge on any atom is 0.227 e. The number of amides is 1. The Morgan fingerprint density at radius 1 is 1.13 bits per heavy atom. The lowest BCUT2D eigenvalue weighted by atomic mass is 9.86. The minimum absolute atomic E-state index is 0.0646. The molecule has 0 unspecified atom stereocenters. The normalized spacial score (nSPS) is 24.7. The molecule has 2 aromatic rings. The molecule has 6 heteroatoms. The van der Waals surface area contributed by atoms with Crippen LogP contribution in [-0.4, -0.2) is 45.4 Å². The average molecular weight is 309 g/mol. The third-order valence-electron chi connectivity index (χ3n) is 4.83. The molecule has 4 heterocycles. The van der Waals surface area contributed by atoms with Crippen LogP contribution in [0.3, 0.4) is 0 Å². The Kier molecular flexibility index (Phi) is 3.53. The van der Waals surface area contributed by atoms with E-state index in [0.717, 1.165) is 38.3 Å². The quantitative estimate of drug-likeness (QED) is 0.860. The van der Waals surface area contributed by atoms with Gasteiger partial charge in [0.05, 0.1) is 18.1 Å². The van der Waals surface area contributed by atoms with Crippen molar-refractivity contribution in [2.75, 3.05) is 24.5 Å². The second-order valence-corrected chi connectivity index (χ2v) is 6.58. The van der Waals surface area contributed by atoms with E-state index in [2.05, 4.69) is 25.9 Å². The minimum atomic E-state index is 0.0646. The molecule has 0 radical (unpaired) electrons. The highest BCUT2D eigenvalue weighted by Gasteiger charge is 2.47. The van der Waals surface area contributed by atoms with E-state index in [9.17, 15) is 4.79 Å². The van der Waals surface area contributed by atoms with Gasteiger partial charge in [-0.3, -0.25) is 14.7 Å². The van der Waals surface area contributed by atoms with Crippen molar-refractivity contribution in [3.8, 4) is 0 Å². The fraction of sp³-hybridized carbons (Fsp3) is 0.412. The molecule has 0 saturated carbocycles. The molecule has 23 heavy (non-hydrogen) atoms. The first-order chi connectivity index (χ1) is 11.2. The van der Waals surface area contributed by atoms with Gasteiger partial charge in [0.15, 0.2) is 0 Å². The summed E-state index contributed by atoms with van der Waals surface area (Å²) < 4.78 is 0. The van der Waals surface area contributed by atoms with E-state index < -0.39 is 0 Å². The molecular formula is C17H19N5O. The summed E-state index contributed by atoms with van der Waals surface area (Å²) in [5.41, 5.74) is 2.09. The molecule has 0 aliphatic carbocycles. The number of carbonyl (C=O) groups excluding carboxylic acids is 1. The van der Waals surface area contributed by atoms with E-state index in [1.54, 1.807) is 18.6 Å². The van der Waals surface area contributed by atoms with Crippen LogP contribution >= 0.6 is 0 Å². The summed E-state index contributed by atoms with van der Waals surface area (Å²) in [6.45, 7) is 3.65. The largest absolute Gasteiger partial charge is 0.309 e. The van der Waals surface area contributed by atoms with Crippen LogP contribution in [0.1, 0.15) is 18.4 Å². The molecule has 0 bridgehead atoms. The van der Waals surface area contributed by atoms with Crippen LogP contribution in [0.4, 0.5) is 5.69 Å². The molecule has 2 aliphatic rings. The first-order valence-electron chi connectivity index (χ1n) is 7.91. The number of carbonyl (C=O) groups is 1. The van der Waals surface area contributed by atoms with Crippen LogP contribution in [0.2, 0.25) is 0 Å². The molecule has 1 spiro atoms. The molecule has 2 saturated heterocycles. The van der Waals surface area contributed by atoms with E-state index in [1.807, 2.05) is 17.2 Å². The van der Waals surface area contributed by atoms with E-state index in [1.165, 1.54) is 11.9 Å². The number of hydrogen-bond acceptors (Lipinski definition) is 5. The molecule has 1 amide bonds.